The van der Waals surface area contributed by atoms with Gasteiger partial charge in [0.05, 0.1) is 11.2 Å². The number of rotatable bonds is 6. The second-order valence-corrected chi connectivity index (χ2v) is 7.83. The molecule has 158 valence electrons. The highest BCUT2D eigenvalue weighted by Crippen LogP contribution is 2.28. The molecule has 3 rings (SSSR count). The number of nitrogens with two attached hydrogens (primary N) is 1. The number of anilines is 1. The first-order valence-corrected chi connectivity index (χ1v) is 10.2. The molecule has 0 spiro atoms. The number of carbonyl (C=O) groups excluding carboxylic acids is 1. The number of para-hydroxylation sites is 1. The van der Waals surface area contributed by atoms with Crippen LogP contribution in [-0.4, -0.2) is 33.4 Å². The number of fused-ring (bicyclic) bond motifs is 1. The Balaban J connectivity index is 1.84. The van der Waals surface area contributed by atoms with Crippen molar-refractivity contribution in [3.05, 3.63) is 46.6 Å². The molecule has 2 aromatic heterocycles. The van der Waals surface area contributed by atoms with E-state index in [9.17, 15) is 4.79 Å². The number of ether oxygens (including phenoxy) is 1. The third-order valence-electron chi connectivity index (χ3n) is 4.17. The smallest absolute Gasteiger partial charge is 0.304 e. The van der Waals surface area contributed by atoms with Gasteiger partial charge in [-0.1, -0.05) is 26.0 Å². The molecule has 1 amide bonds. The molecule has 0 unspecified atom stereocenters. The summed E-state index contributed by atoms with van der Waals surface area (Å²) in [6.07, 6.45) is 0.437. The number of pyridine rings is 1. The van der Waals surface area contributed by atoms with Gasteiger partial charge in [-0.2, -0.15) is 4.98 Å². The van der Waals surface area contributed by atoms with Gasteiger partial charge in [0.1, 0.15) is 17.9 Å². The van der Waals surface area contributed by atoms with Gasteiger partial charge in [-0.25, -0.2) is 15.4 Å². The van der Waals surface area contributed by atoms with Crippen LogP contribution in [0.2, 0.25) is 0 Å². The van der Waals surface area contributed by atoms with Crippen LogP contribution in [0.1, 0.15) is 26.0 Å². The lowest BCUT2D eigenvalue weighted by atomic mass is 10.1. The lowest BCUT2D eigenvalue weighted by Crippen LogP contribution is -2.36. The highest BCUT2D eigenvalue weighted by molar-refractivity contribution is 9.10. The first kappa shape index (κ1) is 21.7. The van der Waals surface area contributed by atoms with Gasteiger partial charge in [0.25, 0.3) is 0 Å². The van der Waals surface area contributed by atoms with E-state index in [-0.39, 0.29) is 18.4 Å². The molecule has 10 heteroatoms. The Morgan fingerprint density at radius 2 is 2.03 bits per heavy atom. The lowest BCUT2D eigenvalue weighted by molar-refractivity contribution is -0.116. The number of imidazole rings is 1. The van der Waals surface area contributed by atoms with E-state index in [1.165, 1.54) is 0 Å². The van der Waals surface area contributed by atoms with Gasteiger partial charge in [0.2, 0.25) is 11.9 Å². The quantitative estimate of drug-likeness (QED) is 0.219. The number of hydrogen-bond acceptors (Lipinski definition) is 6. The second-order valence-electron chi connectivity index (χ2n) is 6.98. The third kappa shape index (κ3) is 4.95. The highest BCUT2D eigenvalue weighted by atomic mass is 79.9. The summed E-state index contributed by atoms with van der Waals surface area (Å²) in [6.45, 7) is 4.13. The highest BCUT2D eigenvalue weighted by Gasteiger charge is 2.18. The summed E-state index contributed by atoms with van der Waals surface area (Å²) in [7, 11) is 1.62. The van der Waals surface area contributed by atoms with Crippen molar-refractivity contribution >= 4 is 44.6 Å². The third-order valence-corrected chi connectivity index (χ3v) is 4.81. The summed E-state index contributed by atoms with van der Waals surface area (Å²) in [5.74, 6) is 6.70. The van der Waals surface area contributed by atoms with E-state index in [2.05, 4.69) is 41.6 Å². The number of benzene rings is 1. The first-order chi connectivity index (χ1) is 14.4. The monoisotopic (exact) mass is 473 g/mol. The van der Waals surface area contributed by atoms with Gasteiger partial charge in [-0.15, -0.1) is 0 Å². The summed E-state index contributed by atoms with van der Waals surface area (Å²) < 4.78 is 8.46. The minimum absolute atomic E-state index is 0.0694. The van der Waals surface area contributed by atoms with Gasteiger partial charge < -0.3 is 10.1 Å². The van der Waals surface area contributed by atoms with Crippen LogP contribution in [0, 0.1) is 5.92 Å². The molecule has 0 aliphatic carbocycles. The number of aromatic nitrogens is 3. The number of carbonyl (C=O) groups is 1. The molecular formula is C20H24BrN7O2. The van der Waals surface area contributed by atoms with E-state index in [0.717, 1.165) is 9.99 Å². The van der Waals surface area contributed by atoms with E-state index in [1.54, 1.807) is 17.7 Å². The Kier molecular flexibility index (Phi) is 7.01. The topological polar surface area (TPSA) is 119 Å². The van der Waals surface area contributed by atoms with E-state index in [0.29, 0.717) is 35.4 Å². The maximum Gasteiger partial charge on any atom is 0.304 e. The van der Waals surface area contributed by atoms with Crippen LogP contribution in [-0.2, 0) is 11.4 Å². The number of aliphatic imine (C=N–C) groups is 1. The molecule has 30 heavy (non-hydrogen) atoms. The molecule has 0 saturated carbocycles. The Morgan fingerprint density at radius 3 is 2.73 bits per heavy atom. The fraction of sp³-hybridized carbons (Fsp3) is 0.300. The SMILES string of the molecule is CN=C(NN)n1c(OCc2cccc(NC(=O)CC(C)C)n2)nc2c(Br)cccc21. The minimum Gasteiger partial charge on any atom is -0.458 e. The summed E-state index contributed by atoms with van der Waals surface area (Å²) in [6, 6.07) is 11.4. The van der Waals surface area contributed by atoms with Crippen LogP contribution in [0.5, 0.6) is 6.01 Å². The summed E-state index contributed by atoms with van der Waals surface area (Å²) >= 11 is 3.51. The molecule has 3 aromatic rings. The van der Waals surface area contributed by atoms with Crippen molar-refractivity contribution in [2.75, 3.05) is 12.4 Å². The minimum atomic E-state index is -0.0694. The molecular weight excluding hydrogens is 450 g/mol. The van der Waals surface area contributed by atoms with Crippen molar-refractivity contribution in [1.29, 1.82) is 0 Å². The van der Waals surface area contributed by atoms with Gasteiger partial charge in [-0.05, 0) is 46.1 Å². The Bertz CT molecular complexity index is 1080. The summed E-state index contributed by atoms with van der Waals surface area (Å²) in [5, 5.41) is 2.81. The van der Waals surface area contributed by atoms with Crippen molar-refractivity contribution in [1.82, 2.24) is 20.0 Å². The number of hydrazine groups is 1. The number of nitrogens with one attached hydrogen (secondary N) is 2. The Hall–Kier alpha value is -2.98. The van der Waals surface area contributed by atoms with Crippen LogP contribution >= 0.6 is 15.9 Å². The average molecular weight is 474 g/mol. The zero-order valence-corrected chi connectivity index (χ0v) is 18.6. The largest absolute Gasteiger partial charge is 0.458 e. The number of hydrogen-bond donors (Lipinski definition) is 3. The summed E-state index contributed by atoms with van der Waals surface area (Å²) in [5.41, 5.74) is 4.70. The fourth-order valence-corrected chi connectivity index (χ4v) is 3.35. The molecule has 0 aliphatic rings. The zero-order valence-electron chi connectivity index (χ0n) is 17.0. The first-order valence-electron chi connectivity index (χ1n) is 9.42. The average Bonchev–Trinajstić information content (AvgIpc) is 3.07. The van der Waals surface area contributed by atoms with Gasteiger partial charge >= 0.3 is 6.01 Å². The molecule has 1 aromatic carbocycles. The van der Waals surface area contributed by atoms with Crippen molar-refractivity contribution in [3.63, 3.8) is 0 Å². The fourth-order valence-electron chi connectivity index (χ4n) is 2.91. The van der Waals surface area contributed by atoms with Crippen LogP contribution in [0.4, 0.5) is 5.82 Å². The normalized spacial score (nSPS) is 11.7. The van der Waals surface area contributed by atoms with Crippen molar-refractivity contribution < 1.29 is 9.53 Å². The summed E-state index contributed by atoms with van der Waals surface area (Å²) in [4.78, 5) is 25.2. The number of amides is 1. The van der Waals surface area contributed by atoms with Gasteiger partial charge in [0, 0.05) is 17.9 Å². The standard InChI is InChI=1S/C20H24BrN7O2/c1-12(2)10-17(29)25-16-9-4-6-13(24-16)11-30-20-26-18-14(21)7-5-8-15(18)28(20)19(23-3)27-22/h4-9,12H,10-11,22H2,1-3H3,(H,23,27)(H,24,25,29). The van der Waals surface area contributed by atoms with E-state index >= 15 is 0 Å². The second kappa shape index (κ2) is 9.68. The van der Waals surface area contributed by atoms with Crippen LogP contribution in [0.3, 0.4) is 0 Å². The molecule has 0 aliphatic heterocycles. The van der Waals surface area contributed by atoms with Gasteiger partial charge in [0.15, 0.2) is 0 Å². The van der Waals surface area contributed by atoms with Crippen LogP contribution in [0.25, 0.3) is 11.0 Å². The van der Waals surface area contributed by atoms with Crippen molar-refractivity contribution in [2.24, 2.45) is 16.8 Å². The molecule has 0 fully saturated rings. The molecule has 0 bridgehead atoms. The Morgan fingerprint density at radius 1 is 1.27 bits per heavy atom. The van der Waals surface area contributed by atoms with Crippen LogP contribution in [0.15, 0.2) is 45.9 Å². The molecule has 4 N–H and O–H groups in total. The maximum atomic E-state index is 12.0. The molecule has 0 saturated heterocycles. The molecule has 9 nitrogen and oxygen atoms in total. The zero-order chi connectivity index (χ0) is 21.7. The van der Waals surface area contributed by atoms with Gasteiger partial charge in [-0.3, -0.25) is 15.2 Å². The molecule has 0 radical (unpaired) electrons. The Labute approximate surface area is 182 Å². The molecule has 2 heterocycles. The molecule has 0 atom stereocenters. The van der Waals surface area contributed by atoms with Crippen molar-refractivity contribution in [3.8, 4) is 6.01 Å². The van der Waals surface area contributed by atoms with Crippen LogP contribution < -0.4 is 21.3 Å². The van der Waals surface area contributed by atoms with Crippen molar-refractivity contribution in [2.45, 2.75) is 26.9 Å². The van der Waals surface area contributed by atoms with E-state index in [1.807, 2.05) is 44.2 Å². The van der Waals surface area contributed by atoms with E-state index < -0.39 is 0 Å². The number of nitrogens with zero attached hydrogens (tertiary/aromatic N) is 4. The number of halogens is 1. The predicted molar refractivity (Wildman–Crippen MR) is 120 cm³/mol. The predicted octanol–water partition coefficient (Wildman–Crippen LogP) is 3.05. The van der Waals surface area contributed by atoms with E-state index in [4.69, 9.17) is 10.6 Å². The maximum absolute atomic E-state index is 12.0. The lowest BCUT2D eigenvalue weighted by Gasteiger charge is -2.12.